The summed E-state index contributed by atoms with van der Waals surface area (Å²) in [5.41, 5.74) is 0.356. The molecular formula is C27H24O6. The van der Waals surface area contributed by atoms with E-state index in [1.807, 2.05) is 13.8 Å². The molecule has 3 aromatic carbocycles. The number of hydrogen-bond acceptors (Lipinski definition) is 6. The lowest BCUT2D eigenvalue weighted by Gasteiger charge is -2.19. The first kappa shape index (κ1) is 22.1. The van der Waals surface area contributed by atoms with E-state index < -0.39 is 22.7 Å². The Morgan fingerprint density at radius 2 is 1.52 bits per heavy atom. The van der Waals surface area contributed by atoms with Crippen LogP contribution in [0.15, 0.2) is 80.7 Å². The molecule has 0 spiro atoms. The third-order valence-electron chi connectivity index (χ3n) is 5.80. The van der Waals surface area contributed by atoms with Crippen molar-refractivity contribution in [3.8, 4) is 17.2 Å². The molecule has 0 saturated heterocycles. The van der Waals surface area contributed by atoms with Gasteiger partial charge in [-0.15, -0.1) is 0 Å². The Morgan fingerprint density at radius 3 is 2.18 bits per heavy atom. The van der Waals surface area contributed by atoms with Crippen molar-refractivity contribution in [2.24, 2.45) is 0 Å². The smallest absolute Gasteiger partial charge is 0.344 e. The molecule has 168 valence electrons. The van der Waals surface area contributed by atoms with Gasteiger partial charge in [0.1, 0.15) is 17.1 Å². The molecule has 2 N–H and O–H groups in total. The summed E-state index contributed by atoms with van der Waals surface area (Å²) in [6, 6.07) is 18.3. The molecule has 0 amide bonds. The summed E-state index contributed by atoms with van der Waals surface area (Å²) in [7, 11) is 1.54. The van der Waals surface area contributed by atoms with Gasteiger partial charge in [-0.25, -0.2) is 4.79 Å². The highest BCUT2D eigenvalue weighted by atomic mass is 16.5. The summed E-state index contributed by atoms with van der Waals surface area (Å²) in [6.07, 6.45) is 0. The van der Waals surface area contributed by atoms with E-state index in [1.165, 1.54) is 13.2 Å². The molecule has 1 aromatic heterocycles. The highest BCUT2D eigenvalue weighted by Crippen LogP contribution is 2.40. The summed E-state index contributed by atoms with van der Waals surface area (Å²) in [5.74, 6) is -1.06. The van der Waals surface area contributed by atoms with Crippen LogP contribution in [0.2, 0.25) is 0 Å². The largest absolute Gasteiger partial charge is 0.507 e. The molecule has 0 saturated carbocycles. The van der Waals surface area contributed by atoms with E-state index in [-0.39, 0.29) is 28.4 Å². The molecule has 0 fully saturated rings. The van der Waals surface area contributed by atoms with Gasteiger partial charge in [0.25, 0.3) is 0 Å². The molecule has 4 rings (SSSR count). The number of ether oxygens (including phenoxy) is 1. The Balaban J connectivity index is 2.08. The summed E-state index contributed by atoms with van der Waals surface area (Å²) >= 11 is 0. The van der Waals surface area contributed by atoms with E-state index in [9.17, 15) is 19.8 Å². The third-order valence-corrected chi connectivity index (χ3v) is 5.80. The van der Waals surface area contributed by atoms with Gasteiger partial charge < -0.3 is 19.4 Å². The van der Waals surface area contributed by atoms with Gasteiger partial charge in [-0.05, 0) is 47.4 Å². The lowest BCUT2D eigenvalue weighted by Crippen LogP contribution is -2.16. The second-order valence-corrected chi connectivity index (χ2v) is 8.15. The standard InChI is InChI=1S/C27H24O6/c1-15(2)17-10-13-20(25(29)21(28)14-17)23(16-8-11-18(32-3)12-9-16)24-26(30)19-6-4-5-7-22(19)33-27(24)31/h4-15,23,30H,1-3H3,(H,28,29). The zero-order valence-corrected chi connectivity index (χ0v) is 18.5. The number of fused-ring (bicyclic) bond motifs is 1. The van der Waals surface area contributed by atoms with Crippen LogP contribution in [-0.4, -0.2) is 17.3 Å². The maximum atomic E-state index is 13.1. The van der Waals surface area contributed by atoms with Crippen molar-refractivity contribution in [2.75, 3.05) is 7.11 Å². The summed E-state index contributed by atoms with van der Waals surface area (Å²) in [5, 5.41) is 22.4. The minimum absolute atomic E-state index is 0.0518. The molecular weight excluding hydrogens is 420 g/mol. The molecule has 6 nitrogen and oxygen atoms in total. The monoisotopic (exact) mass is 444 g/mol. The molecule has 0 aliphatic heterocycles. The van der Waals surface area contributed by atoms with E-state index in [4.69, 9.17) is 9.15 Å². The fraction of sp³-hybridized carbons (Fsp3) is 0.185. The zero-order chi connectivity index (χ0) is 23.7. The Bertz CT molecular complexity index is 1430. The maximum Gasteiger partial charge on any atom is 0.344 e. The predicted molar refractivity (Wildman–Crippen MR) is 127 cm³/mol. The first-order chi connectivity index (χ1) is 15.8. The zero-order valence-electron chi connectivity index (χ0n) is 18.5. The molecule has 0 bridgehead atoms. The molecule has 0 radical (unpaired) electrons. The fourth-order valence-corrected chi connectivity index (χ4v) is 3.97. The predicted octanol–water partition coefficient (Wildman–Crippen LogP) is 4.88. The van der Waals surface area contributed by atoms with Gasteiger partial charge >= 0.3 is 5.63 Å². The third kappa shape index (κ3) is 4.07. The van der Waals surface area contributed by atoms with Gasteiger partial charge in [0.05, 0.1) is 18.1 Å². The number of methoxy groups -OCH3 is 1. The van der Waals surface area contributed by atoms with E-state index in [1.54, 1.807) is 60.7 Å². The molecule has 6 heteroatoms. The van der Waals surface area contributed by atoms with Crippen molar-refractivity contribution in [1.82, 2.24) is 0 Å². The van der Waals surface area contributed by atoms with Crippen molar-refractivity contribution >= 4 is 11.0 Å². The Labute approximate surface area is 190 Å². The Kier molecular flexibility index (Phi) is 5.92. The number of para-hydroxylation sites is 1. The maximum absolute atomic E-state index is 13.1. The SMILES string of the molecule is COc1ccc(C(c2ccc(C(C)C)cc(=O)c2O)c2c(O)c3ccccc3oc2=O)cc1. The van der Waals surface area contributed by atoms with Crippen LogP contribution in [0.4, 0.5) is 0 Å². The van der Waals surface area contributed by atoms with Crippen LogP contribution in [-0.2, 0) is 0 Å². The van der Waals surface area contributed by atoms with Crippen LogP contribution in [0.3, 0.4) is 0 Å². The molecule has 0 aliphatic rings. The molecule has 33 heavy (non-hydrogen) atoms. The first-order valence-corrected chi connectivity index (χ1v) is 10.6. The highest BCUT2D eigenvalue weighted by Gasteiger charge is 2.29. The minimum atomic E-state index is -0.961. The number of rotatable bonds is 5. The van der Waals surface area contributed by atoms with Gasteiger partial charge in [-0.1, -0.05) is 50.2 Å². The van der Waals surface area contributed by atoms with Gasteiger partial charge in [0, 0.05) is 11.5 Å². The Hall–Kier alpha value is -4.06. The van der Waals surface area contributed by atoms with Crippen LogP contribution in [0.25, 0.3) is 11.0 Å². The van der Waals surface area contributed by atoms with Crippen LogP contribution < -0.4 is 15.8 Å². The minimum Gasteiger partial charge on any atom is -0.507 e. The van der Waals surface area contributed by atoms with Gasteiger partial charge in [-0.3, -0.25) is 4.79 Å². The van der Waals surface area contributed by atoms with Crippen molar-refractivity contribution in [3.63, 3.8) is 0 Å². The van der Waals surface area contributed by atoms with Crippen molar-refractivity contribution in [3.05, 3.63) is 110 Å². The summed E-state index contributed by atoms with van der Waals surface area (Å²) < 4.78 is 10.7. The normalized spacial score (nSPS) is 12.1. The van der Waals surface area contributed by atoms with E-state index in [2.05, 4.69) is 0 Å². The molecule has 1 heterocycles. The number of benzene rings is 2. The molecule has 1 atom stereocenters. The average Bonchev–Trinajstić information content (AvgIpc) is 2.95. The average molecular weight is 444 g/mol. The number of aromatic hydroxyl groups is 2. The lowest BCUT2D eigenvalue weighted by molar-refractivity contribution is 0.414. The van der Waals surface area contributed by atoms with E-state index in [0.717, 1.165) is 5.56 Å². The van der Waals surface area contributed by atoms with Gasteiger partial charge in [0.15, 0.2) is 5.75 Å². The van der Waals surface area contributed by atoms with Crippen molar-refractivity contribution in [1.29, 1.82) is 0 Å². The lowest BCUT2D eigenvalue weighted by atomic mass is 9.85. The first-order valence-electron chi connectivity index (χ1n) is 10.6. The van der Waals surface area contributed by atoms with Gasteiger partial charge in [0.2, 0.25) is 5.43 Å². The fourth-order valence-electron chi connectivity index (χ4n) is 3.97. The van der Waals surface area contributed by atoms with Crippen LogP contribution in [0, 0.1) is 0 Å². The van der Waals surface area contributed by atoms with Crippen LogP contribution in [0.1, 0.15) is 47.9 Å². The Morgan fingerprint density at radius 1 is 0.848 bits per heavy atom. The van der Waals surface area contributed by atoms with Crippen molar-refractivity contribution in [2.45, 2.75) is 25.7 Å². The second-order valence-electron chi connectivity index (χ2n) is 8.15. The number of hydrogen-bond donors (Lipinski definition) is 2. The summed E-state index contributed by atoms with van der Waals surface area (Å²) in [4.78, 5) is 25.9. The van der Waals surface area contributed by atoms with Gasteiger partial charge in [-0.2, -0.15) is 0 Å². The topological polar surface area (TPSA) is 97.0 Å². The van der Waals surface area contributed by atoms with Crippen LogP contribution >= 0.6 is 0 Å². The van der Waals surface area contributed by atoms with Crippen molar-refractivity contribution < 1.29 is 19.4 Å². The summed E-state index contributed by atoms with van der Waals surface area (Å²) in [6.45, 7) is 3.88. The van der Waals surface area contributed by atoms with Crippen LogP contribution in [0.5, 0.6) is 17.2 Å². The second kappa shape index (κ2) is 8.82. The highest BCUT2D eigenvalue weighted by molar-refractivity contribution is 5.84. The molecule has 0 aliphatic carbocycles. The molecule has 4 aromatic rings. The quantitative estimate of drug-likeness (QED) is 0.426. The molecule has 1 unspecified atom stereocenters. The van der Waals surface area contributed by atoms with E-state index in [0.29, 0.717) is 16.7 Å². The van der Waals surface area contributed by atoms with E-state index >= 15 is 0 Å².